The molecule has 11 nitrogen and oxygen atoms in total. The van der Waals surface area contributed by atoms with E-state index in [0.29, 0.717) is 39.6 Å². The monoisotopic (exact) mass is 870 g/mol. The number of hydrogen-bond donors (Lipinski definition) is 3. The maximum absolute atomic E-state index is 14.2. The number of carbonyl (C=O) groups excluding carboxylic acids is 2. The third-order valence-corrected chi connectivity index (χ3v) is 12.1. The number of pyridine rings is 1. The largest absolute Gasteiger partial charge is 0.489 e. The van der Waals surface area contributed by atoms with Crippen molar-refractivity contribution >= 4 is 46.8 Å². The van der Waals surface area contributed by atoms with Gasteiger partial charge in [0, 0.05) is 37.0 Å². The number of aromatic nitrogens is 1. The Hall–Kier alpha value is -6.56. The molecular weight excluding hydrogens is 827 g/mol. The molecule has 62 heavy (non-hydrogen) atoms. The quantitative estimate of drug-likeness (QED) is 0.117. The lowest BCUT2D eigenvalue weighted by molar-refractivity contribution is -0.142. The highest BCUT2D eigenvalue weighted by Crippen LogP contribution is 2.41. The number of urea groups is 1. The predicted molar refractivity (Wildman–Crippen MR) is 238 cm³/mol. The highest BCUT2D eigenvalue weighted by atomic mass is 35.5. The molecule has 0 saturated heterocycles. The Bertz CT molecular complexity index is 2640. The average molecular weight is 872 g/mol. The van der Waals surface area contributed by atoms with Crippen LogP contribution in [0.5, 0.6) is 17.2 Å². The van der Waals surface area contributed by atoms with Gasteiger partial charge in [-0.1, -0.05) is 83.4 Å². The first kappa shape index (κ1) is 42.1. The fourth-order valence-electron chi connectivity index (χ4n) is 7.65. The molecule has 0 fully saturated rings. The molecule has 0 unspecified atom stereocenters. The van der Waals surface area contributed by atoms with Gasteiger partial charge in [0.15, 0.2) is 17.6 Å². The van der Waals surface area contributed by atoms with E-state index in [0.717, 1.165) is 55.8 Å². The number of rotatable bonds is 11. The van der Waals surface area contributed by atoms with E-state index in [9.17, 15) is 19.5 Å². The van der Waals surface area contributed by atoms with Crippen LogP contribution in [0, 0.1) is 20.8 Å². The van der Waals surface area contributed by atoms with E-state index in [1.165, 1.54) is 4.90 Å². The van der Waals surface area contributed by atoms with E-state index in [1.54, 1.807) is 30.5 Å². The molecule has 3 atom stereocenters. The number of amides is 3. The Morgan fingerprint density at radius 1 is 0.855 bits per heavy atom. The molecule has 1 aromatic heterocycles. The van der Waals surface area contributed by atoms with Gasteiger partial charge in [-0.3, -0.25) is 9.78 Å². The summed E-state index contributed by atoms with van der Waals surface area (Å²) in [5.41, 5.74) is 9.68. The molecule has 0 spiro atoms. The normalized spacial score (nSPS) is 15.9. The summed E-state index contributed by atoms with van der Waals surface area (Å²) < 4.78 is 18.7. The number of fused-ring (bicyclic) bond motifs is 2. The molecule has 5 aromatic carbocycles. The molecular formula is C49H44Cl2N4O7. The average Bonchev–Trinajstić information content (AvgIpc) is 3.27. The predicted octanol–water partition coefficient (Wildman–Crippen LogP) is 9.84. The highest BCUT2D eigenvalue weighted by molar-refractivity contribution is 6.42. The molecule has 0 aliphatic carbocycles. The standard InChI is InChI=1S/C49H44Cl2N4O7/c1-28-4-13-37(14-5-28)53-49(59)55-25-36-24-45-44(61-27-46(62-45)34-11-15-38(16-12-34)60-26-32-8-17-40(50)41(51)20-32)23-35(36)22-43(55)47(56)54-42(48(57)58)21-31-6-9-33(10-7-31)39-18-19-52-30(3)29(39)2/h4-20,23-24,42-43,46H,21-22,25-27H2,1-3H3,(H,53,59)(H,54,56)(H,57,58)/t42-,43-,46+/m0/s1. The summed E-state index contributed by atoms with van der Waals surface area (Å²) in [6.07, 6.45) is 1.52. The number of aliphatic carboxylic acids is 1. The summed E-state index contributed by atoms with van der Waals surface area (Å²) in [5, 5.41) is 16.9. The number of benzene rings is 5. The maximum atomic E-state index is 14.2. The Balaban J connectivity index is 0.984. The van der Waals surface area contributed by atoms with Gasteiger partial charge in [0.25, 0.3) is 0 Å². The zero-order valence-corrected chi connectivity index (χ0v) is 35.8. The molecule has 0 bridgehead atoms. The molecule has 316 valence electrons. The summed E-state index contributed by atoms with van der Waals surface area (Å²) in [5.74, 6) is -0.0743. The van der Waals surface area contributed by atoms with E-state index in [-0.39, 0.29) is 26.0 Å². The third kappa shape index (κ3) is 9.49. The van der Waals surface area contributed by atoms with Crippen LogP contribution in [-0.2, 0) is 35.6 Å². The van der Waals surface area contributed by atoms with Crippen molar-refractivity contribution < 1.29 is 33.7 Å². The molecule has 0 saturated carbocycles. The fraction of sp³-hybridized carbons (Fsp3) is 0.224. The summed E-state index contributed by atoms with van der Waals surface area (Å²) >= 11 is 12.2. The van der Waals surface area contributed by atoms with Gasteiger partial charge in [-0.05, 0) is 120 Å². The Labute approximate surface area is 369 Å². The van der Waals surface area contributed by atoms with E-state index >= 15 is 0 Å². The first-order chi connectivity index (χ1) is 29.9. The molecule has 6 aromatic rings. The van der Waals surface area contributed by atoms with Crippen LogP contribution in [0.15, 0.2) is 115 Å². The second kappa shape index (κ2) is 18.2. The van der Waals surface area contributed by atoms with Gasteiger partial charge in [0.05, 0.1) is 10.0 Å². The summed E-state index contributed by atoms with van der Waals surface area (Å²) in [6.45, 7) is 6.55. The minimum Gasteiger partial charge on any atom is -0.489 e. The molecule has 3 heterocycles. The van der Waals surface area contributed by atoms with Gasteiger partial charge in [-0.15, -0.1) is 0 Å². The lowest BCUT2D eigenvalue weighted by atomic mass is 9.92. The first-order valence-corrected chi connectivity index (χ1v) is 20.9. The Morgan fingerprint density at radius 2 is 1.58 bits per heavy atom. The SMILES string of the molecule is Cc1ccc(NC(=O)N2Cc3cc4c(cc3C[C@H]2C(=O)N[C@@H](Cc2ccc(-c3ccnc(C)c3C)cc2)C(=O)O)OC[C@H](c2ccc(OCc3ccc(Cl)c(Cl)c3)cc2)O4)cc1. The number of anilines is 1. The second-order valence-electron chi connectivity index (χ2n) is 15.6. The minimum absolute atomic E-state index is 0.0446. The molecule has 3 N–H and O–H groups in total. The zero-order valence-electron chi connectivity index (χ0n) is 34.3. The summed E-state index contributed by atoms with van der Waals surface area (Å²) in [4.78, 5) is 46.7. The van der Waals surface area contributed by atoms with Gasteiger partial charge >= 0.3 is 12.0 Å². The van der Waals surface area contributed by atoms with Crippen molar-refractivity contribution in [1.82, 2.24) is 15.2 Å². The van der Waals surface area contributed by atoms with Gasteiger partial charge in [-0.2, -0.15) is 0 Å². The van der Waals surface area contributed by atoms with Gasteiger partial charge in [0.2, 0.25) is 5.91 Å². The molecule has 8 rings (SSSR count). The van der Waals surface area contributed by atoms with Crippen molar-refractivity contribution in [2.75, 3.05) is 11.9 Å². The Morgan fingerprint density at radius 3 is 2.31 bits per heavy atom. The van der Waals surface area contributed by atoms with E-state index in [1.807, 2.05) is 106 Å². The van der Waals surface area contributed by atoms with Gasteiger partial charge in [0.1, 0.15) is 31.0 Å². The van der Waals surface area contributed by atoms with E-state index < -0.39 is 36.1 Å². The second-order valence-corrected chi connectivity index (χ2v) is 16.4. The van der Waals surface area contributed by atoms with Crippen LogP contribution in [0.3, 0.4) is 0 Å². The topological polar surface area (TPSA) is 139 Å². The molecule has 2 aliphatic rings. The maximum Gasteiger partial charge on any atom is 0.326 e. The molecule has 3 amide bonds. The number of nitrogens with one attached hydrogen (secondary N) is 2. The van der Waals surface area contributed by atoms with Crippen molar-refractivity contribution in [3.05, 3.63) is 170 Å². The van der Waals surface area contributed by atoms with Crippen molar-refractivity contribution in [3.8, 4) is 28.4 Å². The first-order valence-electron chi connectivity index (χ1n) is 20.2. The fourth-order valence-corrected chi connectivity index (χ4v) is 7.97. The number of hydrogen-bond acceptors (Lipinski definition) is 7. The lowest BCUT2D eigenvalue weighted by Crippen LogP contribution is -2.56. The number of carboxylic acids is 1. The minimum atomic E-state index is -1.25. The van der Waals surface area contributed by atoms with Gasteiger partial charge in [-0.25, -0.2) is 9.59 Å². The number of ether oxygens (including phenoxy) is 3. The van der Waals surface area contributed by atoms with Crippen LogP contribution in [0.25, 0.3) is 11.1 Å². The van der Waals surface area contributed by atoms with Crippen LogP contribution in [0.1, 0.15) is 50.7 Å². The molecule has 2 aliphatic heterocycles. The van der Waals surface area contributed by atoms with E-state index in [2.05, 4.69) is 15.6 Å². The van der Waals surface area contributed by atoms with Crippen molar-refractivity contribution in [1.29, 1.82) is 0 Å². The third-order valence-electron chi connectivity index (χ3n) is 11.3. The summed E-state index contributed by atoms with van der Waals surface area (Å²) in [7, 11) is 0. The van der Waals surface area contributed by atoms with Crippen LogP contribution in [0.4, 0.5) is 10.5 Å². The number of halogens is 2. The highest BCUT2D eigenvalue weighted by Gasteiger charge is 2.38. The molecule has 0 radical (unpaired) electrons. The van der Waals surface area contributed by atoms with Crippen LogP contribution >= 0.6 is 23.2 Å². The Kier molecular flexibility index (Phi) is 12.4. The number of aryl methyl sites for hydroxylation is 2. The number of carboxylic acid groups (broad SMARTS) is 1. The van der Waals surface area contributed by atoms with E-state index in [4.69, 9.17) is 37.4 Å². The van der Waals surface area contributed by atoms with Crippen molar-refractivity contribution in [2.24, 2.45) is 0 Å². The molecule has 13 heteroatoms. The number of nitrogens with zero attached hydrogens (tertiary/aromatic N) is 2. The zero-order chi connectivity index (χ0) is 43.5. The lowest BCUT2D eigenvalue weighted by Gasteiger charge is -2.37. The van der Waals surface area contributed by atoms with Crippen molar-refractivity contribution in [2.45, 2.75) is 65.0 Å². The van der Waals surface area contributed by atoms with Crippen molar-refractivity contribution in [3.63, 3.8) is 0 Å². The smallest absolute Gasteiger partial charge is 0.326 e. The number of carbonyl (C=O) groups is 3. The van der Waals surface area contributed by atoms with Crippen LogP contribution in [-0.4, -0.2) is 51.6 Å². The summed E-state index contributed by atoms with van der Waals surface area (Å²) in [6, 6.07) is 30.8. The van der Waals surface area contributed by atoms with Gasteiger partial charge < -0.3 is 34.9 Å². The van der Waals surface area contributed by atoms with Crippen LogP contribution in [0.2, 0.25) is 10.0 Å². The van der Waals surface area contributed by atoms with Crippen LogP contribution < -0.4 is 24.8 Å².